The second-order valence-corrected chi connectivity index (χ2v) is 6.77. The molecule has 3 rings (SSSR count). The van der Waals surface area contributed by atoms with Gasteiger partial charge in [-0.05, 0) is 97.5 Å². The van der Waals surface area contributed by atoms with Crippen molar-refractivity contribution >= 4 is 0 Å². The third kappa shape index (κ3) is 2.84. The van der Waals surface area contributed by atoms with Crippen LogP contribution in [0.5, 0.6) is 23.0 Å². The van der Waals surface area contributed by atoms with Crippen molar-refractivity contribution in [2.75, 3.05) is 0 Å². The summed E-state index contributed by atoms with van der Waals surface area (Å²) in [7, 11) is 0. The summed E-state index contributed by atoms with van der Waals surface area (Å²) in [4.78, 5) is 0. The minimum atomic E-state index is -0.208. The van der Waals surface area contributed by atoms with Crippen LogP contribution in [0.2, 0.25) is 0 Å². The second kappa shape index (κ2) is 6.30. The first kappa shape index (κ1) is 17.7. The number of hydrogen-bond acceptors (Lipinski definition) is 4. The molecule has 0 unspecified atom stereocenters. The summed E-state index contributed by atoms with van der Waals surface area (Å²) in [5.41, 5.74) is 5.48. The Bertz CT molecular complexity index is 937. The molecule has 4 N–H and O–H groups in total. The second-order valence-electron chi connectivity index (χ2n) is 6.77. The zero-order valence-corrected chi connectivity index (χ0v) is 15.3. The van der Waals surface area contributed by atoms with Crippen LogP contribution in [0.1, 0.15) is 22.3 Å². The molecule has 0 bridgehead atoms. The molecule has 0 aliphatic rings. The highest BCUT2D eigenvalue weighted by molar-refractivity contribution is 5.85. The molecule has 3 aromatic rings. The van der Waals surface area contributed by atoms with E-state index in [0.29, 0.717) is 22.3 Å². The average Bonchev–Trinajstić information content (AvgIpc) is 2.57. The first-order chi connectivity index (χ1) is 12.2. The molecular formula is C22H22O4. The topological polar surface area (TPSA) is 80.9 Å². The van der Waals surface area contributed by atoms with Gasteiger partial charge in [-0.15, -0.1) is 0 Å². The maximum atomic E-state index is 10.6. The molecule has 134 valence electrons. The van der Waals surface area contributed by atoms with Gasteiger partial charge in [-0.1, -0.05) is 0 Å². The van der Waals surface area contributed by atoms with E-state index < -0.39 is 0 Å². The number of rotatable bonds is 2. The molecule has 0 aliphatic heterocycles. The fraction of sp³-hybridized carbons (Fsp3) is 0.182. The van der Waals surface area contributed by atoms with Gasteiger partial charge >= 0.3 is 0 Å². The SMILES string of the molecule is Cc1cc(-c2ccc(-c3cc(C)c(O)cc3C)c(O)c2O)c(C)cc1O. The molecule has 0 radical (unpaired) electrons. The molecule has 0 aliphatic carbocycles. The molecule has 4 heteroatoms. The van der Waals surface area contributed by atoms with Gasteiger partial charge in [0, 0.05) is 11.1 Å². The first-order valence-corrected chi connectivity index (χ1v) is 8.36. The van der Waals surface area contributed by atoms with Crippen LogP contribution in [0.25, 0.3) is 22.3 Å². The van der Waals surface area contributed by atoms with Crippen molar-refractivity contribution in [1.29, 1.82) is 0 Å². The maximum absolute atomic E-state index is 10.6. The number of aromatic hydroxyl groups is 4. The van der Waals surface area contributed by atoms with Crippen molar-refractivity contribution in [3.63, 3.8) is 0 Å². The van der Waals surface area contributed by atoms with Crippen molar-refractivity contribution < 1.29 is 20.4 Å². The Balaban J connectivity index is 2.20. The Morgan fingerprint density at radius 2 is 0.808 bits per heavy atom. The molecule has 0 atom stereocenters. The van der Waals surface area contributed by atoms with Crippen molar-refractivity contribution in [2.24, 2.45) is 0 Å². The van der Waals surface area contributed by atoms with Crippen LogP contribution < -0.4 is 0 Å². The monoisotopic (exact) mass is 350 g/mol. The van der Waals surface area contributed by atoms with Crippen molar-refractivity contribution in [3.8, 4) is 45.3 Å². The highest BCUT2D eigenvalue weighted by Gasteiger charge is 2.18. The number of benzene rings is 3. The lowest BCUT2D eigenvalue weighted by atomic mass is 9.92. The lowest BCUT2D eigenvalue weighted by Gasteiger charge is -2.16. The number of hydrogen-bond donors (Lipinski definition) is 4. The van der Waals surface area contributed by atoms with Crippen LogP contribution in [0.4, 0.5) is 0 Å². The van der Waals surface area contributed by atoms with Crippen LogP contribution in [0.3, 0.4) is 0 Å². The predicted octanol–water partition coefficient (Wildman–Crippen LogP) is 5.08. The lowest BCUT2D eigenvalue weighted by molar-refractivity contribution is 0.406. The summed E-state index contributed by atoms with van der Waals surface area (Å²) in [6.45, 7) is 7.25. The minimum Gasteiger partial charge on any atom is -0.508 e. The van der Waals surface area contributed by atoms with E-state index in [0.717, 1.165) is 22.3 Å². The molecule has 0 spiro atoms. The molecule has 0 aromatic heterocycles. The third-order valence-corrected chi connectivity index (χ3v) is 4.82. The van der Waals surface area contributed by atoms with Gasteiger partial charge in [0.25, 0.3) is 0 Å². The van der Waals surface area contributed by atoms with Gasteiger partial charge in [0.15, 0.2) is 11.5 Å². The summed E-state index contributed by atoms with van der Waals surface area (Å²) < 4.78 is 0. The molecule has 0 fully saturated rings. The minimum absolute atomic E-state index is 0.196. The number of phenolic OH excluding ortho intramolecular Hbond substituents is 4. The summed E-state index contributed by atoms with van der Waals surface area (Å²) in [5, 5.41) is 40.9. The Morgan fingerprint density at radius 1 is 0.462 bits per heavy atom. The average molecular weight is 350 g/mol. The Kier molecular flexibility index (Phi) is 4.28. The van der Waals surface area contributed by atoms with Crippen molar-refractivity contribution in [3.05, 3.63) is 58.7 Å². The Hall–Kier alpha value is -3.14. The summed E-state index contributed by atoms with van der Waals surface area (Å²) >= 11 is 0. The molecule has 0 saturated carbocycles. The van der Waals surface area contributed by atoms with E-state index in [9.17, 15) is 20.4 Å². The molecule has 3 aromatic carbocycles. The van der Waals surface area contributed by atoms with Crippen LogP contribution in [-0.4, -0.2) is 20.4 Å². The van der Waals surface area contributed by atoms with Gasteiger partial charge in [-0.25, -0.2) is 0 Å². The van der Waals surface area contributed by atoms with Gasteiger partial charge in [0.1, 0.15) is 11.5 Å². The molecule has 0 saturated heterocycles. The van der Waals surface area contributed by atoms with Crippen LogP contribution in [-0.2, 0) is 0 Å². The van der Waals surface area contributed by atoms with E-state index in [1.165, 1.54) is 0 Å². The first-order valence-electron chi connectivity index (χ1n) is 8.36. The van der Waals surface area contributed by atoms with E-state index in [-0.39, 0.29) is 23.0 Å². The van der Waals surface area contributed by atoms with Gasteiger partial charge in [0.05, 0.1) is 0 Å². The number of aryl methyl sites for hydroxylation is 4. The molecule has 26 heavy (non-hydrogen) atoms. The quantitative estimate of drug-likeness (QED) is 0.486. The highest BCUT2D eigenvalue weighted by Crippen LogP contribution is 2.45. The smallest absolute Gasteiger partial charge is 0.166 e. The largest absolute Gasteiger partial charge is 0.508 e. The highest BCUT2D eigenvalue weighted by atomic mass is 16.3. The van der Waals surface area contributed by atoms with E-state index in [1.807, 2.05) is 13.8 Å². The third-order valence-electron chi connectivity index (χ3n) is 4.82. The van der Waals surface area contributed by atoms with Gasteiger partial charge in [0.2, 0.25) is 0 Å². The van der Waals surface area contributed by atoms with Gasteiger partial charge < -0.3 is 20.4 Å². The van der Waals surface area contributed by atoms with E-state index in [4.69, 9.17) is 0 Å². The zero-order chi connectivity index (χ0) is 19.2. The predicted molar refractivity (Wildman–Crippen MR) is 103 cm³/mol. The fourth-order valence-corrected chi connectivity index (χ4v) is 3.20. The summed E-state index contributed by atoms with van der Waals surface area (Å²) in [5.74, 6) is -0.0230. The van der Waals surface area contributed by atoms with Crippen molar-refractivity contribution in [1.82, 2.24) is 0 Å². The van der Waals surface area contributed by atoms with E-state index in [1.54, 1.807) is 50.2 Å². The van der Waals surface area contributed by atoms with Crippen LogP contribution in [0, 0.1) is 27.7 Å². The Labute approximate surface area is 152 Å². The maximum Gasteiger partial charge on any atom is 0.166 e. The normalized spacial score (nSPS) is 10.9. The van der Waals surface area contributed by atoms with Crippen molar-refractivity contribution in [2.45, 2.75) is 27.7 Å². The number of phenols is 4. The van der Waals surface area contributed by atoms with Crippen LogP contribution in [0.15, 0.2) is 36.4 Å². The lowest BCUT2D eigenvalue weighted by Crippen LogP contribution is -1.91. The van der Waals surface area contributed by atoms with Gasteiger partial charge in [-0.3, -0.25) is 0 Å². The van der Waals surface area contributed by atoms with Gasteiger partial charge in [-0.2, -0.15) is 0 Å². The standard InChI is InChI=1S/C22H22O4/c1-11-9-19(23)13(3)7-17(11)15-5-6-16(22(26)21(15)25)18-8-14(4)20(24)10-12(18)2/h5-10,23-26H,1-4H3. The molecular weight excluding hydrogens is 328 g/mol. The van der Waals surface area contributed by atoms with E-state index in [2.05, 4.69) is 0 Å². The molecule has 0 heterocycles. The fourth-order valence-electron chi connectivity index (χ4n) is 3.20. The summed E-state index contributed by atoms with van der Waals surface area (Å²) in [6, 6.07) is 10.4. The zero-order valence-electron chi connectivity index (χ0n) is 15.3. The Morgan fingerprint density at radius 3 is 1.15 bits per heavy atom. The molecule has 4 nitrogen and oxygen atoms in total. The summed E-state index contributed by atoms with van der Waals surface area (Å²) in [6.07, 6.45) is 0. The molecule has 0 amide bonds. The van der Waals surface area contributed by atoms with Crippen LogP contribution >= 0.6 is 0 Å². The van der Waals surface area contributed by atoms with E-state index >= 15 is 0 Å².